The van der Waals surface area contributed by atoms with Crippen molar-refractivity contribution in [3.63, 3.8) is 0 Å². The summed E-state index contributed by atoms with van der Waals surface area (Å²) in [4.78, 5) is 11.8. The maximum absolute atomic E-state index is 11.8. The third-order valence-corrected chi connectivity index (χ3v) is 4.47. The number of ketones is 1. The van der Waals surface area contributed by atoms with E-state index in [1.165, 1.54) is 25.7 Å². The molecule has 1 unspecified atom stereocenters. The van der Waals surface area contributed by atoms with Gasteiger partial charge in [0.15, 0.2) is 0 Å². The lowest BCUT2D eigenvalue weighted by atomic mass is 9.80. The van der Waals surface area contributed by atoms with Crippen molar-refractivity contribution < 1.29 is 9.53 Å². The van der Waals surface area contributed by atoms with Crippen molar-refractivity contribution >= 4 is 5.78 Å². The van der Waals surface area contributed by atoms with E-state index in [1.54, 1.807) is 7.11 Å². The third-order valence-electron chi connectivity index (χ3n) is 4.47. The standard InChI is InChI=1S/C16H30O2/c1-4-13(2)11-16(17)10-9-14-5-7-15(8-6-14)12-18-3/h13-15H,4-12H2,1-3H3. The lowest BCUT2D eigenvalue weighted by Gasteiger charge is -2.27. The Labute approximate surface area is 112 Å². The third kappa shape index (κ3) is 5.99. The quantitative estimate of drug-likeness (QED) is 0.648. The molecular formula is C16H30O2. The summed E-state index contributed by atoms with van der Waals surface area (Å²) in [7, 11) is 1.79. The fourth-order valence-electron chi connectivity index (χ4n) is 2.92. The molecule has 0 radical (unpaired) electrons. The van der Waals surface area contributed by atoms with Gasteiger partial charge >= 0.3 is 0 Å². The predicted octanol–water partition coefficient (Wildman–Crippen LogP) is 4.22. The first kappa shape index (κ1) is 15.7. The monoisotopic (exact) mass is 254 g/mol. The van der Waals surface area contributed by atoms with Crippen molar-refractivity contribution in [2.24, 2.45) is 17.8 Å². The Balaban J connectivity index is 2.12. The molecule has 0 aromatic carbocycles. The van der Waals surface area contributed by atoms with Gasteiger partial charge in [0, 0.05) is 26.6 Å². The molecule has 0 aliphatic heterocycles. The highest BCUT2D eigenvalue weighted by atomic mass is 16.5. The molecule has 106 valence electrons. The van der Waals surface area contributed by atoms with Crippen molar-refractivity contribution in [2.75, 3.05) is 13.7 Å². The van der Waals surface area contributed by atoms with Crippen LogP contribution in [-0.4, -0.2) is 19.5 Å². The minimum Gasteiger partial charge on any atom is -0.384 e. The zero-order valence-electron chi connectivity index (χ0n) is 12.4. The number of hydrogen-bond acceptors (Lipinski definition) is 2. The van der Waals surface area contributed by atoms with Gasteiger partial charge in [-0.1, -0.05) is 33.1 Å². The van der Waals surface area contributed by atoms with Gasteiger partial charge in [-0.3, -0.25) is 4.79 Å². The molecule has 0 amide bonds. The van der Waals surface area contributed by atoms with Crippen molar-refractivity contribution in [1.82, 2.24) is 0 Å². The van der Waals surface area contributed by atoms with Crippen LogP contribution >= 0.6 is 0 Å². The molecule has 0 spiro atoms. The van der Waals surface area contributed by atoms with Gasteiger partial charge in [0.2, 0.25) is 0 Å². The van der Waals surface area contributed by atoms with Gasteiger partial charge < -0.3 is 4.74 Å². The van der Waals surface area contributed by atoms with Crippen LogP contribution in [0.25, 0.3) is 0 Å². The van der Waals surface area contributed by atoms with Crippen LogP contribution in [0, 0.1) is 17.8 Å². The Morgan fingerprint density at radius 1 is 1.22 bits per heavy atom. The van der Waals surface area contributed by atoms with E-state index >= 15 is 0 Å². The van der Waals surface area contributed by atoms with Crippen LogP contribution in [0.4, 0.5) is 0 Å². The number of carbonyl (C=O) groups is 1. The summed E-state index contributed by atoms with van der Waals surface area (Å²) in [5.74, 6) is 2.60. The van der Waals surface area contributed by atoms with Crippen molar-refractivity contribution in [2.45, 2.75) is 65.2 Å². The maximum Gasteiger partial charge on any atom is 0.133 e. The zero-order valence-corrected chi connectivity index (χ0v) is 12.4. The molecule has 1 saturated carbocycles. The van der Waals surface area contributed by atoms with Crippen LogP contribution in [0.5, 0.6) is 0 Å². The summed E-state index contributed by atoms with van der Waals surface area (Å²) in [5, 5.41) is 0. The van der Waals surface area contributed by atoms with E-state index in [-0.39, 0.29) is 0 Å². The highest BCUT2D eigenvalue weighted by Crippen LogP contribution is 2.31. The number of rotatable bonds is 8. The summed E-state index contributed by atoms with van der Waals surface area (Å²) >= 11 is 0. The first-order chi connectivity index (χ1) is 8.65. The summed E-state index contributed by atoms with van der Waals surface area (Å²) in [6.07, 6.45) is 9.01. The highest BCUT2D eigenvalue weighted by Gasteiger charge is 2.21. The molecule has 0 bridgehead atoms. The number of carbonyl (C=O) groups excluding carboxylic acids is 1. The van der Waals surface area contributed by atoms with Crippen LogP contribution in [0.1, 0.15) is 65.2 Å². The molecule has 18 heavy (non-hydrogen) atoms. The molecule has 1 aliphatic rings. The van der Waals surface area contributed by atoms with E-state index in [2.05, 4.69) is 13.8 Å². The van der Waals surface area contributed by atoms with Crippen LogP contribution in [0.3, 0.4) is 0 Å². The zero-order chi connectivity index (χ0) is 13.4. The Hall–Kier alpha value is -0.370. The fourth-order valence-corrected chi connectivity index (χ4v) is 2.92. The van der Waals surface area contributed by atoms with Gasteiger partial charge in [-0.15, -0.1) is 0 Å². The Kier molecular flexibility index (Phi) is 7.57. The minimum atomic E-state index is 0.475. The second-order valence-electron chi connectivity index (χ2n) is 6.14. The molecule has 1 rings (SSSR count). The van der Waals surface area contributed by atoms with Gasteiger partial charge in [0.25, 0.3) is 0 Å². The van der Waals surface area contributed by atoms with E-state index in [0.29, 0.717) is 11.7 Å². The van der Waals surface area contributed by atoms with Crippen molar-refractivity contribution in [3.05, 3.63) is 0 Å². The van der Waals surface area contributed by atoms with Gasteiger partial charge in [-0.05, 0) is 37.0 Å². The first-order valence-electron chi connectivity index (χ1n) is 7.66. The SMILES string of the molecule is CCC(C)CC(=O)CCC1CCC(COC)CC1. The topological polar surface area (TPSA) is 26.3 Å². The Bertz CT molecular complexity index is 229. The second kappa shape index (κ2) is 8.68. The largest absolute Gasteiger partial charge is 0.384 e. The lowest BCUT2D eigenvalue weighted by molar-refractivity contribution is -0.120. The number of methoxy groups -OCH3 is 1. The van der Waals surface area contributed by atoms with E-state index in [0.717, 1.165) is 44.1 Å². The van der Waals surface area contributed by atoms with E-state index in [1.807, 2.05) is 0 Å². The summed E-state index contributed by atoms with van der Waals surface area (Å²) in [6.45, 7) is 5.25. The average molecular weight is 254 g/mol. The molecule has 2 heteroatoms. The van der Waals surface area contributed by atoms with Gasteiger partial charge in [-0.2, -0.15) is 0 Å². The lowest BCUT2D eigenvalue weighted by Crippen LogP contribution is -2.19. The predicted molar refractivity (Wildman–Crippen MR) is 75.6 cm³/mol. The number of hydrogen-bond donors (Lipinski definition) is 0. The maximum atomic E-state index is 11.8. The van der Waals surface area contributed by atoms with Crippen LogP contribution in [0.2, 0.25) is 0 Å². The smallest absolute Gasteiger partial charge is 0.133 e. The first-order valence-corrected chi connectivity index (χ1v) is 7.66. The second-order valence-corrected chi connectivity index (χ2v) is 6.14. The molecule has 0 aromatic heterocycles. The van der Waals surface area contributed by atoms with Crippen molar-refractivity contribution in [1.29, 1.82) is 0 Å². The summed E-state index contributed by atoms with van der Waals surface area (Å²) in [5.41, 5.74) is 0. The fraction of sp³-hybridized carbons (Fsp3) is 0.938. The van der Waals surface area contributed by atoms with E-state index in [9.17, 15) is 4.79 Å². The molecule has 1 aliphatic carbocycles. The number of ether oxygens (including phenoxy) is 1. The molecule has 1 atom stereocenters. The molecule has 0 heterocycles. The molecule has 0 aromatic rings. The van der Waals surface area contributed by atoms with Crippen LogP contribution < -0.4 is 0 Å². The Morgan fingerprint density at radius 2 is 1.83 bits per heavy atom. The van der Waals surface area contributed by atoms with E-state index in [4.69, 9.17) is 4.74 Å². The molecule has 0 N–H and O–H groups in total. The average Bonchev–Trinajstić information content (AvgIpc) is 2.38. The molecule has 2 nitrogen and oxygen atoms in total. The normalized spacial score (nSPS) is 25.9. The molecule has 1 fully saturated rings. The van der Waals surface area contributed by atoms with Gasteiger partial charge in [-0.25, -0.2) is 0 Å². The van der Waals surface area contributed by atoms with Gasteiger partial charge in [0.1, 0.15) is 5.78 Å². The molecular weight excluding hydrogens is 224 g/mol. The summed E-state index contributed by atoms with van der Waals surface area (Å²) < 4.78 is 5.22. The molecule has 0 saturated heterocycles. The van der Waals surface area contributed by atoms with Gasteiger partial charge in [0.05, 0.1) is 0 Å². The van der Waals surface area contributed by atoms with Crippen molar-refractivity contribution in [3.8, 4) is 0 Å². The van der Waals surface area contributed by atoms with Crippen LogP contribution in [-0.2, 0) is 9.53 Å². The Morgan fingerprint density at radius 3 is 2.39 bits per heavy atom. The van der Waals surface area contributed by atoms with E-state index < -0.39 is 0 Å². The highest BCUT2D eigenvalue weighted by molar-refractivity contribution is 5.78. The number of Topliss-reactive ketones (excluding diaryl/α,β-unsaturated/α-hetero) is 1. The summed E-state index contributed by atoms with van der Waals surface area (Å²) in [6, 6.07) is 0. The van der Waals surface area contributed by atoms with Crippen LogP contribution in [0.15, 0.2) is 0 Å². The minimum absolute atomic E-state index is 0.475.